The van der Waals surface area contributed by atoms with Gasteiger partial charge in [-0.2, -0.15) is 4.31 Å². The average molecular weight is 337 g/mol. The van der Waals surface area contributed by atoms with E-state index < -0.39 is 22.2 Å². The van der Waals surface area contributed by atoms with Crippen LogP contribution in [0.1, 0.15) is 13.8 Å². The number of carbonyl (C=O) groups is 2. The van der Waals surface area contributed by atoms with E-state index in [-0.39, 0.29) is 38.6 Å². The summed E-state index contributed by atoms with van der Waals surface area (Å²) in [5.74, 6) is -0.203. The fourth-order valence-corrected chi connectivity index (χ4v) is 3.29. The molecule has 0 aromatic rings. The van der Waals surface area contributed by atoms with Crippen molar-refractivity contribution in [3.8, 4) is 0 Å². The predicted octanol–water partition coefficient (Wildman–Crippen LogP) is -0.164. The third-order valence-corrected chi connectivity index (χ3v) is 4.93. The highest BCUT2D eigenvalue weighted by molar-refractivity contribution is 7.89. The quantitative estimate of drug-likeness (QED) is 0.722. The lowest BCUT2D eigenvalue weighted by Crippen LogP contribution is -2.51. The van der Waals surface area contributed by atoms with Gasteiger partial charge in [-0.05, 0) is 13.8 Å². The Morgan fingerprint density at radius 3 is 2.18 bits per heavy atom. The van der Waals surface area contributed by atoms with Crippen LogP contribution in [-0.4, -0.2) is 81.5 Å². The van der Waals surface area contributed by atoms with E-state index in [4.69, 9.17) is 4.74 Å². The highest BCUT2D eigenvalue weighted by Gasteiger charge is 2.29. The molecular weight excluding hydrogens is 314 g/mol. The van der Waals surface area contributed by atoms with E-state index in [1.54, 1.807) is 13.8 Å². The lowest BCUT2D eigenvalue weighted by Gasteiger charge is -2.33. The summed E-state index contributed by atoms with van der Waals surface area (Å²) in [4.78, 5) is 24.1. The minimum absolute atomic E-state index is 0.0146. The molecule has 2 amide bonds. The molecule has 0 saturated carbocycles. The van der Waals surface area contributed by atoms with Gasteiger partial charge in [0.25, 0.3) is 0 Å². The molecule has 0 aliphatic carbocycles. The van der Waals surface area contributed by atoms with Crippen LogP contribution < -0.4 is 5.32 Å². The van der Waals surface area contributed by atoms with E-state index in [2.05, 4.69) is 10.1 Å². The van der Waals surface area contributed by atoms with Crippen molar-refractivity contribution < 1.29 is 27.5 Å². The van der Waals surface area contributed by atoms with Crippen LogP contribution in [0.5, 0.6) is 0 Å². The topological polar surface area (TPSA) is 105 Å². The van der Waals surface area contributed by atoms with Gasteiger partial charge in [-0.3, -0.25) is 0 Å². The standard InChI is InChI=1S/C12H23N3O6S/c1-3-20-11(16)13-5-10-22(18,19)15-8-6-14(7-9-15)12(17)21-4-2/h3-10H2,1-2H3,(H,13,16). The SMILES string of the molecule is CCOC(=O)NCCS(=O)(=O)N1CCN(C(=O)OCC)CC1. The van der Waals surface area contributed by atoms with Crippen LogP contribution in [0.4, 0.5) is 9.59 Å². The third kappa shape index (κ3) is 5.68. The number of piperazine rings is 1. The molecule has 1 aliphatic heterocycles. The Morgan fingerprint density at radius 2 is 1.64 bits per heavy atom. The molecule has 0 aromatic carbocycles. The molecule has 1 rings (SSSR count). The maximum absolute atomic E-state index is 12.1. The Balaban J connectivity index is 2.38. The fourth-order valence-electron chi connectivity index (χ4n) is 1.96. The van der Waals surface area contributed by atoms with Crippen molar-refractivity contribution in [1.82, 2.24) is 14.5 Å². The summed E-state index contributed by atoms with van der Waals surface area (Å²) in [6, 6.07) is 0. The monoisotopic (exact) mass is 337 g/mol. The van der Waals surface area contributed by atoms with Crippen LogP contribution in [0.25, 0.3) is 0 Å². The summed E-state index contributed by atoms with van der Waals surface area (Å²) >= 11 is 0. The molecule has 1 aliphatic rings. The van der Waals surface area contributed by atoms with Gasteiger partial charge in [-0.15, -0.1) is 0 Å². The zero-order chi connectivity index (χ0) is 16.6. The number of rotatable bonds is 6. The molecule has 9 nitrogen and oxygen atoms in total. The third-order valence-electron chi connectivity index (χ3n) is 3.06. The molecule has 1 fully saturated rings. The second-order valence-electron chi connectivity index (χ2n) is 4.55. The summed E-state index contributed by atoms with van der Waals surface area (Å²) in [7, 11) is -3.47. The van der Waals surface area contributed by atoms with Crippen LogP contribution in [0.2, 0.25) is 0 Å². The maximum Gasteiger partial charge on any atom is 0.409 e. The van der Waals surface area contributed by atoms with Crippen molar-refractivity contribution in [2.75, 3.05) is 51.7 Å². The van der Waals surface area contributed by atoms with Gasteiger partial charge >= 0.3 is 12.2 Å². The van der Waals surface area contributed by atoms with Crippen molar-refractivity contribution in [1.29, 1.82) is 0 Å². The molecule has 1 heterocycles. The van der Waals surface area contributed by atoms with Crippen molar-refractivity contribution in [3.63, 3.8) is 0 Å². The smallest absolute Gasteiger partial charge is 0.409 e. The zero-order valence-corrected chi connectivity index (χ0v) is 13.7. The minimum Gasteiger partial charge on any atom is -0.450 e. The molecule has 0 spiro atoms. The van der Waals surface area contributed by atoms with Crippen LogP contribution in [0.15, 0.2) is 0 Å². The summed E-state index contributed by atoms with van der Waals surface area (Å²) in [5.41, 5.74) is 0. The van der Waals surface area contributed by atoms with Gasteiger partial charge in [-0.25, -0.2) is 18.0 Å². The van der Waals surface area contributed by atoms with Crippen molar-refractivity contribution in [2.24, 2.45) is 0 Å². The fraction of sp³-hybridized carbons (Fsp3) is 0.833. The molecule has 1 saturated heterocycles. The summed E-state index contributed by atoms with van der Waals surface area (Å²) in [6.45, 7) is 4.92. The molecule has 128 valence electrons. The van der Waals surface area contributed by atoms with Crippen LogP contribution in [0.3, 0.4) is 0 Å². The maximum atomic E-state index is 12.1. The Labute approximate surface area is 130 Å². The van der Waals surface area contributed by atoms with E-state index in [9.17, 15) is 18.0 Å². The number of hydrogen-bond acceptors (Lipinski definition) is 6. The van der Waals surface area contributed by atoms with Crippen molar-refractivity contribution in [2.45, 2.75) is 13.8 Å². The van der Waals surface area contributed by atoms with E-state index in [1.165, 1.54) is 9.21 Å². The molecule has 0 radical (unpaired) electrons. The Morgan fingerprint density at radius 1 is 1.05 bits per heavy atom. The van der Waals surface area contributed by atoms with Gasteiger partial charge in [0.05, 0.1) is 19.0 Å². The van der Waals surface area contributed by atoms with Gasteiger partial charge in [-0.1, -0.05) is 0 Å². The van der Waals surface area contributed by atoms with E-state index in [0.29, 0.717) is 13.1 Å². The van der Waals surface area contributed by atoms with Crippen LogP contribution in [0, 0.1) is 0 Å². The zero-order valence-electron chi connectivity index (χ0n) is 12.9. The van der Waals surface area contributed by atoms with Gasteiger partial charge in [0.2, 0.25) is 10.0 Å². The number of sulfonamides is 1. The highest BCUT2D eigenvalue weighted by atomic mass is 32.2. The lowest BCUT2D eigenvalue weighted by molar-refractivity contribution is 0.0934. The van der Waals surface area contributed by atoms with E-state index in [0.717, 1.165) is 0 Å². The van der Waals surface area contributed by atoms with E-state index in [1.807, 2.05) is 0 Å². The molecule has 0 unspecified atom stereocenters. The van der Waals surface area contributed by atoms with Crippen LogP contribution >= 0.6 is 0 Å². The number of carbonyl (C=O) groups excluding carboxylic acids is 2. The number of ether oxygens (including phenoxy) is 2. The lowest BCUT2D eigenvalue weighted by atomic mass is 10.4. The largest absolute Gasteiger partial charge is 0.450 e. The number of hydrogen-bond donors (Lipinski definition) is 1. The predicted molar refractivity (Wildman–Crippen MR) is 79.0 cm³/mol. The van der Waals surface area contributed by atoms with E-state index >= 15 is 0 Å². The second kappa shape index (κ2) is 8.79. The minimum atomic E-state index is -3.47. The highest BCUT2D eigenvalue weighted by Crippen LogP contribution is 2.09. The molecule has 10 heteroatoms. The Bertz CT molecular complexity index is 473. The Kier molecular flexibility index (Phi) is 7.39. The average Bonchev–Trinajstić information content (AvgIpc) is 2.47. The van der Waals surface area contributed by atoms with Gasteiger partial charge < -0.3 is 19.7 Å². The number of nitrogens with zero attached hydrogens (tertiary/aromatic N) is 2. The molecule has 0 aromatic heterocycles. The van der Waals surface area contributed by atoms with Gasteiger partial charge in [0.15, 0.2) is 0 Å². The molecule has 1 N–H and O–H groups in total. The van der Waals surface area contributed by atoms with Crippen molar-refractivity contribution >= 4 is 22.2 Å². The molecular formula is C12H23N3O6S. The first-order valence-electron chi connectivity index (χ1n) is 7.20. The number of amides is 2. The summed E-state index contributed by atoms with van der Waals surface area (Å²) in [5, 5.41) is 2.37. The summed E-state index contributed by atoms with van der Waals surface area (Å²) in [6.07, 6.45) is -1.06. The Hall–Kier alpha value is -1.55. The van der Waals surface area contributed by atoms with Gasteiger partial charge in [0.1, 0.15) is 0 Å². The molecule has 22 heavy (non-hydrogen) atoms. The molecule has 0 atom stereocenters. The summed E-state index contributed by atoms with van der Waals surface area (Å²) < 4.78 is 35.1. The van der Waals surface area contributed by atoms with Gasteiger partial charge in [0, 0.05) is 32.7 Å². The first-order valence-corrected chi connectivity index (χ1v) is 8.81. The number of alkyl carbamates (subject to hydrolysis) is 1. The number of nitrogens with one attached hydrogen (secondary N) is 1. The van der Waals surface area contributed by atoms with Crippen molar-refractivity contribution in [3.05, 3.63) is 0 Å². The van der Waals surface area contributed by atoms with Crippen LogP contribution in [-0.2, 0) is 19.5 Å². The second-order valence-corrected chi connectivity index (χ2v) is 6.64. The normalized spacial score (nSPS) is 16.2. The first kappa shape index (κ1) is 18.5. The molecule has 0 bridgehead atoms. The first-order chi connectivity index (χ1) is 10.4.